The second kappa shape index (κ2) is 8.75. The Morgan fingerprint density at radius 2 is 1.69 bits per heavy atom. The Labute approximate surface area is 151 Å². The third-order valence-corrected chi connectivity index (χ3v) is 3.76. The van der Waals surface area contributed by atoms with Crippen LogP contribution in [0.3, 0.4) is 0 Å². The molecule has 0 bridgehead atoms. The SMILES string of the molecule is O=C(CCNC(=O)Nc1ccccc1)NCC1COc2ccccc2O1. The zero-order valence-corrected chi connectivity index (χ0v) is 14.2. The number of para-hydroxylation sites is 3. The maximum atomic E-state index is 11.9. The van der Waals surface area contributed by atoms with Gasteiger partial charge in [-0.05, 0) is 24.3 Å². The van der Waals surface area contributed by atoms with Crippen LogP contribution in [-0.4, -0.2) is 37.7 Å². The van der Waals surface area contributed by atoms with Crippen molar-refractivity contribution in [2.24, 2.45) is 0 Å². The molecule has 26 heavy (non-hydrogen) atoms. The van der Waals surface area contributed by atoms with E-state index in [1.807, 2.05) is 42.5 Å². The number of fused-ring (bicyclic) bond motifs is 1. The molecule has 0 aromatic heterocycles. The number of ether oxygens (including phenoxy) is 2. The minimum Gasteiger partial charge on any atom is -0.486 e. The molecular weight excluding hydrogens is 334 g/mol. The van der Waals surface area contributed by atoms with Gasteiger partial charge in [0.05, 0.1) is 6.54 Å². The lowest BCUT2D eigenvalue weighted by atomic mass is 10.2. The zero-order valence-electron chi connectivity index (χ0n) is 14.2. The monoisotopic (exact) mass is 355 g/mol. The number of hydrogen-bond acceptors (Lipinski definition) is 4. The van der Waals surface area contributed by atoms with Crippen molar-refractivity contribution < 1.29 is 19.1 Å². The highest BCUT2D eigenvalue weighted by Crippen LogP contribution is 2.30. The molecule has 1 unspecified atom stereocenters. The number of anilines is 1. The van der Waals surface area contributed by atoms with Gasteiger partial charge in [-0.25, -0.2) is 4.79 Å². The first-order valence-corrected chi connectivity index (χ1v) is 8.46. The van der Waals surface area contributed by atoms with Gasteiger partial charge in [-0.1, -0.05) is 30.3 Å². The van der Waals surface area contributed by atoms with Crippen LogP contribution >= 0.6 is 0 Å². The summed E-state index contributed by atoms with van der Waals surface area (Å²) in [5.74, 6) is 1.23. The lowest BCUT2D eigenvalue weighted by Crippen LogP contribution is -2.41. The van der Waals surface area contributed by atoms with Crippen molar-refractivity contribution in [3.05, 3.63) is 54.6 Å². The largest absolute Gasteiger partial charge is 0.486 e. The molecule has 3 N–H and O–H groups in total. The second-order valence-electron chi connectivity index (χ2n) is 5.80. The summed E-state index contributed by atoms with van der Waals surface area (Å²) in [6.07, 6.45) is -0.0463. The standard InChI is InChI=1S/C19H21N3O4/c23-18(10-11-20-19(24)22-14-6-2-1-3-7-14)21-12-15-13-25-16-8-4-5-9-17(16)26-15/h1-9,15H,10-13H2,(H,21,23)(H2,20,22,24). The molecule has 3 amide bonds. The first-order chi connectivity index (χ1) is 12.7. The van der Waals surface area contributed by atoms with Gasteiger partial charge in [0.2, 0.25) is 5.91 Å². The number of hydrogen-bond donors (Lipinski definition) is 3. The van der Waals surface area contributed by atoms with Gasteiger partial charge in [0.25, 0.3) is 0 Å². The number of carbonyl (C=O) groups excluding carboxylic acids is 2. The third-order valence-electron chi connectivity index (χ3n) is 3.76. The topological polar surface area (TPSA) is 88.7 Å². The van der Waals surface area contributed by atoms with E-state index in [-0.39, 0.29) is 31.0 Å². The summed E-state index contributed by atoms with van der Waals surface area (Å²) in [5, 5.41) is 8.13. The zero-order chi connectivity index (χ0) is 18.2. The molecule has 0 saturated heterocycles. The molecule has 7 nitrogen and oxygen atoms in total. The number of nitrogens with one attached hydrogen (secondary N) is 3. The normalized spacial score (nSPS) is 15.0. The average molecular weight is 355 g/mol. The van der Waals surface area contributed by atoms with Crippen LogP contribution in [-0.2, 0) is 4.79 Å². The van der Waals surface area contributed by atoms with Crippen molar-refractivity contribution in [2.75, 3.05) is 25.0 Å². The molecule has 1 aliphatic heterocycles. The predicted molar refractivity (Wildman–Crippen MR) is 97.4 cm³/mol. The Morgan fingerprint density at radius 1 is 0.962 bits per heavy atom. The van der Waals surface area contributed by atoms with Gasteiger partial charge in [-0.2, -0.15) is 0 Å². The number of urea groups is 1. The van der Waals surface area contributed by atoms with Crippen LogP contribution in [0.25, 0.3) is 0 Å². The Bertz CT molecular complexity index is 751. The lowest BCUT2D eigenvalue weighted by Gasteiger charge is -2.26. The summed E-state index contributed by atoms with van der Waals surface area (Å²) in [7, 11) is 0. The van der Waals surface area contributed by atoms with Gasteiger partial charge < -0.3 is 25.4 Å². The molecule has 2 aromatic rings. The van der Waals surface area contributed by atoms with E-state index in [1.54, 1.807) is 12.1 Å². The van der Waals surface area contributed by atoms with Crippen molar-refractivity contribution in [1.29, 1.82) is 0 Å². The van der Waals surface area contributed by atoms with Crippen LogP contribution in [0.1, 0.15) is 6.42 Å². The minimum absolute atomic E-state index is 0.160. The molecule has 0 saturated carbocycles. The van der Waals surface area contributed by atoms with E-state index in [0.29, 0.717) is 30.3 Å². The van der Waals surface area contributed by atoms with Gasteiger partial charge in [-0.3, -0.25) is 4.79 Å². The van der Waals surface area contributed by atoms with Gasteiger partial charge in [0, 0.05) is 18.7 Å². The van der Waals surface area contributed by atoms with Crippen LogP contribution < -0.4 is 25.4 Å². The molecule has 1 atom stereocenters. The molecule has 2 aromatic carbocycles. The first kappa shape index (κ1) is 17.6. The van der Waals surface area contributed by atoms with Crippen molar-refractivity contribution >= 4 is 17.6 Å². The van der Waals surface area contributed by atoms with Gasteiger partial charge >= 0.3 is 6.03 Å². The minimum atomic E-state index is -0.343. The molecule has 1 heterocycles. The van der Waals surface area contributed by atoms with Crippen LogP contribution in [0.4, 0.5) is 10.5 Å². The number of rotatable bonds is 6. The fourth-order valence-electron chi connectivity index (χ4n) is 2.47. The Kier molecular flexibility index (Phi) is 5.92. The maximum absolute atomic E-state index is 11.9. The van der Waals surface area contributed by atoms with Crippen LogP contribution in [0.2, 0.25) is 0 Å². The first-order valence-electron chi connectivity index (χ1n) is 8.46. The lowest BCUT2D eigenvalue weighted by molar-refractivity contribution is -0.121. The number of carbonyl (C=O) groups is 2. The van der Waals surface area contributed by atoms with Gasteiger partial charge in [0.1, 0.15) is 12.7 Å². The molecule has 3 rings (SSSR count). The van der Waals surface area contributed by atoms with Crippen molar-refractivity contribution in [3.63, 3.8) is 0 Å². The van der Waals surface area contributed by atoms with Crippen molar-refractivity contribution in [2.45, 2.75) is 12.5 Å². The van der Waals surface area contributed by atoms with Crippen LogP contribution in [0.5, 0.6) is 11.5 Å². The van der Waals surface area contributed by atoms with E-state index >= 15 is 0 Å². The molecular formula is C19H21N3O4. The summed E-state index contributed by atoms with van der Waals surface area (Å²) in [5.41, 5.74) is 0.698. The van der Waals surface area contributed by atoms with E-state index in [9.17, 15) is 9.59 Å². The van der Waals surface area contributed by atoms with Gasteiger partial charge in [0.15, 0.2) is 11.5 Å². The molecule has 0 aliphatic carbocycles. The Balaban J connectivity index is 1.32. The van der Waals surface area contributed by atoms with Crippen LogP contribution in [0.15, 0.2) is 54.6 Å². The maximum Gasteiger partial charge on any atom is 0.319 e. The molecule has 136 valence electrons. The summed E-state index contributed by atoms with van der Waals surface area (Å²) in [6.45, 7) is 0.980. The summed E-state index contributed by atoms with van der Waals surface area (Å²) >= 11 is 0. The Morgan fingerprint density at radius 3 is 2.50 bits per heavy atom. The quantitative estimate of drug-likeness (QED) is 0.741. The van der Waals surface area contributed by atoms with E-state index in [1.165, 1.54) is 0 Å². The van der Waals surface area contributed by atoms with Gasteiger partial charge in [-0.15, -0.1) is 0 Å². The second-order valence-corrected chi connectivity index (χ2v) is 5.80. The highest BCUT2D eigenvalue weighted by molar-refractivity contribution is 5.89. The third kappa shape index (κ3) is 5.14. The molecule has 1 aliphatic rings. The smallest absolute Gasteiger partial charge is 0.319 e. The summed E-state index contributed by atoms with van der Waals surface area (Å²) in [4.78, 5) is 23.6. The molecule has 0 fully saturated rings. The molecule has 7 heteroatoms. The van der Waals surface area contributed by atoms with E-state index in [2.05, 4.69) is 16.0 Å². The average Bonchev–Trinajstić information content (AvgIpc) is 2.67. The van der Waals surface area contributed by atoms with Crippen molar-refractivity contribution in [3.8, 4) is 11.5 Å². The van der Waals surface area contributed by atoms with Crippen LogP contribution in [0, 0.1) is 0 Å². The fraction of sp³-hybridized carbons (Fsp3) is 0.263. The Hall–Kier alpha value is -3.22. The summed E-state index contributed by atoms with van der Waals surface area (Å²) < 4.78 is 11.4. The fourth-order valence-corrected chi connectivity index (χ4v) is 2.47. The highest BCUT2D eigenvalue weighted by Gasteiger charge is 2.20. The van der Waals surface area contributed by atoms with E-state index in [0.717, 1.165) is 0 Å². The van der Waals surface area contributed by atoms with Crippen molar-refractivity contribution in [1.82, 2.24) is 10.6 Å². The highest BCUT2D eigenvalue weighted by atomic mass is 16.6. The van der Waals surface area contributed by atoms with E-state index < -0.39 is 0 Å². The number of amides is 3. The predicted octanol–water partition coefficient (Wildman–Crippen LogP) is 2.15. The number of benzene rings is 2. The molecule has 0 radical (unpaired) electrons. The summed E-state index contributed by atoms with van der Waals surface area (Å²) in [6, 6.07) is 16.2. The van der Waals surface area contributed by atoms with E-state index in [4.69, 9.17) is 9.47 Å². The molecule has 0 spiro atoms.